The fourth-order valence-electron chi connectivity index (χ4n) is 1.01. The lowest BCUT2D eigenvalue weighted by atomic mass is 10.3. The van der Waals surface area contributed by atoms with Crippen LogP contribution in [0.3, 0.4) is 0 Å². The topological polar surface area (TPSA) is 55.5 Å². The smallest absolute Gasteiger partial charge is 0.122 e. The number of unbranched alkanes of at least 4 members (excludes halogenated alkanes) is 1. The standard InChI is InChI=1S/C10H15NO2/c11-6-1-2-7-13-10-5-3-4-9(12)8-10/h3-5,8,12H,1-2,6-7,11H2. The third-order valence-corrected chi connectivity index (χ3v) is 1.68. The molecule has 1 aromatic rings. The summed E-state index contributed by atoms with van der Waals surface area (Å²) in [5.41, 5.74) is 5.34. The Morgan fingerprint density at radius 2 is 2.15 bits per heavy atom. The van der Waals surface area contributed by atoms with E-state index >= 15 is 0 Å². The minimum Gasteiger partial charge on any atom is -0.508 e. The van der Waals surface area contributed by atoms with Crippen LogP contribution >= 0.6 is 0 Å². The van der Waals surface area contributed by atoms with Crippen LogP contribution in [0, 0.1) is 0 Å². The van der Waals surface area contributed by atoms with E-state index in [0.29, 0.717) is 18.9 Å². The summed E-state index contributed by atoms with van der Waals surface area (Å²) >= 11 is 0. The molecular weight excluding hydrogens is 166 g/mol. The highest BCUT2D eigenvalue weighted by Crippen LogP contribution is 2.17. The van der Waals surface area contributed by atoms with Crippen LogP contribution < -0.4 is 10.5 Å². The average Bonchev–Trinajstić information content (AvgIpc) is 2.13. The molecule has 0 heterocycles. The van der Waals surface area contributed by atoms with Gasteiger partial charge in [-0.3, -0.25) is 0 Å². The molecule has 13 heavy (non-hydrogen) atoms. The van der Waals surface area contributed by atoms with Gasteiger partial charge in [-0.15, -0.1) is 0 Å². The van der Waals surface area contributed by atoms with Crippen molar-refractivity contribution in [3.05, 3.63) is 24.3 Å². The van der Waals surface area contributed by atoms with E-state index in [9.17, 15) is 0 Å². The summed E-state index contributed by atoms with van der Waals surface area (Å²) in [6.45, 7) is 1.35. The molecule has 0 aromatic heterocycles. The first-order chi connectivity index (χ1) is 6.33. The molecule has 0 fully saturated rings. The first-order valence-electron chi connectivity index (χ1n) is 4.45. The number of hydrogen-bond donors (Lipinski definition) is 2. The van der Waals surface area contributed by atoms with E-state index in [-0.39, 0.29) is 5.75 Å². The third-order valence-electron chi connectivity index (χ3n) is 1.68. The van der Waals surface area contributed by atoms with E-state index in [1.807, 2.05) is 6.07 Å². The molecule has 0 unspecified atom stereocenters. The number of aromatic hydroxyl groups is 1. The molecule has 0 bridgehead atoms. The number of phenols is 1. The predicted molar refractivity (Wildman–Crippen MR) is 51.9 cm³/mol. The summed E-state index contributed by atoms with van der Waals surface area (Å²) in [7, 11) is 0. The number of ether oxygens (including phenoxy) is 1. The van der Waals surface area contributed by atoms with Gasteiger partial charge in [0.05, 0.1) is 6.61 Å². The molecule has 0 aliphatic rings. The van der Waals surface area contributed by atoms with Crippen molar-refractivity contribution in [3.8, 4) is 11.5 Å². The average molecular weight is 181 g/mol. The van der Waals surface area contributed by atoms with Gasteiger partial charge in [0.2, 0.25) is 0 Å². The van der Waals surface area contributed by atoms with Crippen LogP contribution in [-0.2, 0) is 0 Å². The van der Waals surface area contributed by atoms with Crippen molar-refractivity contribution in [2.24, 2.45) is 5.73 Å². The van der Waals surface area contributed by atoms with Gasteiger partial charge >= 0.3 is 0 Å². The van der Waals surface area contributed by atoms with Gasteiger partial charge in [0.15, 0.2) is 0 Å². The van der Waals surface area contributed by atoms with E-state index in [1.165, 1.54) is 0 Å². The second kappa shape index (κ2) is 5.43. The van der Waals surface area contributed by atoms with Gasteiger partial charge in [0.25, 0.3) is 0 Å². The number of nitrogens with two attached hydrogens (primary N) is 1. The zero-order chi connectivity index (χ0) is 9.52. The van der Waals surface area contributed by atoms with Gasteiger partial charge < -0.3 is 15.6 Å². The minimum absolute atomic E-state index is 0.233. The summed E-state index contributed by atoms with van der Waals surface area (Å²) in [4.78, 5) is 0. The first-order valence-corrected chi connectivity index (χ1v) is 4.45. The van der Waals surface area contributed by atoms with Gasteiger partial charge in [-0.25, -0.2) is 0 Å². The number of hydrogen-bond acceptors (Lipinski definition) is 3. The van der Waals surface area contributed by atoms with Crippen LogP contribution in [0.4, 0.5) is 0 Å². The molecule has 0 spiro atoms. The number of phenolic OH excluding ortho intramolecular Hbond substituents is 1. The summed E-state index contributed by atoms with van der Waals surface area (Å²) in [5.74, 6) is 0.938. The van der Waals surface area contributed by atoms with Crippen LogP contribution in [0.15, 0.2) is 24.3 Å². The second-order valence-corrected chi connectivity index (χ2v) is 2.84. The Bertz CT molecular complexity index is 250. The van der Waals surface area contributed by atoms with Crippen molar-refractivity contribution in [3.63, 3.8) is 0 Å². The highest BCUT2D eigenvalue weighted by atomic mass is 16.5. The molecule has 3 nitrogen and oxygen atoms in total. The Morgan fingerprint density at radius 1 is 1.31 bits per heavy atom. The molecule has 3 N–H and O–H groups in total. The maximum atomic E-state index is 9.12. The predicted octanol–water partition coefficient (Wildman–Crippen LogP) is 1.51. The third kappa shape index (κ3) is 3.80. The van der Waals surface area contributed by atoms with Crippen LogP contribution in [0.2, 0.25) is 0 Å². The zero-order valence-electron chi connectivity index (χ0n) is 7.57. The molecule has 1 rings (SSSR count). The highest BCUT2D eigenvalue weighted by Gasteiger charge is 1.94. The fourth-order valence-corrected chi connectivity index (χ4v) is 1.01. The molecule has 3 heteroatoms. The van der Waals surface area contributed by atoms with Gasteiger partial charge in [-0.2, -0.15) is 0 Å². The van der Waals surface area contributed by atoms with Crippen molar-refractivity contribution in [2.45, 2.75) is 12.8 Å². The summed E-state index contributed by atoms with van der Waals surface area (Å²) in [5, 5.41) is 9.12. The molecule has 0 radical (unpaired) electrons. The Labute approximate surface area is 78.1 Å². The van der Waals surface area contributed by atoms with Gasteiger partial charge in [-0.1, -0.05) is 6.07 Å². The van der Waals surface area contributed by atoms with Crippen LogP contribution in [-0.4, -0.2) is 18.3 Å². The Morgan fingerprint density at radius 3 is 2.85 bits per heavy atom. The van der Waals surface area contributed by atoms with Crippen LogP contribution in [0.25, 0.3) is 0 Å². The van der Waals surface area contributed by atoms with E-state index in [1.54, 1.807) is 18.2 Å². The minimum atomic E-state index is 0.233. The van der Waals surface area contributed by atoms with Gasteiger partial charge in [0, 0.05) is 6.07 Å². The molecule has 0 saturated carbocycles. The Kier molecular flexibility index (Phi) is 4.12. The normalized spacial score (nSPS) is 9.92. The van der Waals surface area contributed by atoms with Crippen molar-refractivity contribution < 1.29 is 9.84 Å². The molecule has 0 saturated heterocycles. The van der Waals surface area contributed by atoms with Crippen molar-refractivity contribution in [1.82, 2.24) is 0 Å². The molecule has 0 aliphatic carbocycles. The van der Waals surface area contributed by atoms with E-state index < -0.39 is 0 Å². The molecule has 0 atom stereocenters. The Hall–Kier alpha value is -1.22. The lowest BCUT2D eigenvalue weighted by Gasteiger charge is -2.05. The molecule has 0 amide bonds. The van der Waals surface area contributed by atoms with Gasteiger partial charge in [-0.05, 0) is 31.5 Å². The molecular formula is C10H15NO2. The second-order valence-electron chi connectivity index (χ2n) is 2.84. The van der Waals surface area contributed by atoms with Crippen molar-refractivity contribution in [2.75, 3.05) is 13.2 Å². The summed E-state index contributed by atoms with van der Waals surface area (Å²) in [6, 6.07) is 6.80. The number of rotatable bonds is 5. The number of benzene rings is 1. The largest absolute Gasteiger partial charge is 0.508 e. The monoisotopic (exact) mass is 181 g/mol. The van der Waals surface area contributed by atoms with E-state index in [4.69, 9.17) is 15.6 Å². The summed E-state index contributed by atoms with van der Waals surface area (Å²) in [6.07, 6.45) is 1.92. The van der Waals surface area contributed by atoms with Crippen molar-refractivity contribution >= 4 is 0 Å². The summed E-state index contributed by atoms with van der Waals surface area (Å²) < 4.78 is 5.37. The first kappa shape index (κ1) is 9.86. The maximum absolute atomic E-state index is 9.12. The van der Waals surface area contributed by atoms with Crippen molar-refractivity contribution in [1.29, 1.82) is 0 Å². The molecule has 72 valence electrons. The van der Waals surface area contributed by atoms with Crippen LogP contribution in [0.5, 0.6) is 11.5 Å². The van der Waals surface area contributed by atoms with Crippen LogP contribution in [0.1, 0.15) is 12.8 Å². The van der Waals surface area contributed by atoms with Gasteiger partial charge in [0.1, 0.15) is 11.5 Å². The Balaban J connectivity index is 2.28. The lowest BCUT2D eigenvalue weighted by Crippen LogP contribution is -2.03. The molecule has 1 aromatic carbocycles. The van der Waals surface area contributed by atoms with E-state index in [2.05, 4.69) is 0 Å². The lowest BCUT2D eigenvalue weighted by molar-refractivity contribution is 0.306. The SMILES string of the molecule is NCCCCOc1cccc(O)c1. The fraction of sp³-hybridized carbons (Fsp3) is 0.400. The maximum Gasteiger partial charge on any atom is 0.122 e. The molecule has 0 aliphatic heterocycles. The highest BCUT2D eigenvalue weighted by molar-refractivity contribution is 5.31. The quantitative estimate of drug-likeness (QED) is 0.677. The van der Waals surface area contributed by atoms with E-state index in [0.717, 1.165) is 12.8 Å². The zero-order valence-corrected chi connectivity index (χ0v) is 7.57.